The van der Waals surface area contributed by atoms with Gasteiger partial charge in [0.15, 0.2) is 0 Å². The van der Waals surface area contributed by atoms with E-state index in [2.05, 4.69) is 26.0 Å². The van der Waals surface area contributed by atoms with Crippen LogP contribution in [0.15, 0.2) is 53.6 Å². The van der Waals surface area contributed by atoms with Gasteiger partial charge < -0.3 is 4.74 Å². The number of benzene rings is 1. The molecule has 1 nitrogen and oxygen atoms in total. The molecule has 1 aromatic rings. The number of ether oxygens (including phenoxy) is 1. The molecule has 1 aromatic carbocycles. The van der Waals surface area contributed by atoms with Crippen molar-refractivity contribution in [1.82, 2.24) is 0 Å². The van der Waals surface area contributed by atoms with Gasteiger partial charge in [-0.1, -0.05) is 35.9 Å². The molecule has 0 saturated heterocycles. The van der Waals surface area contributed by atoms with Gasteiger partial charge in [-0.2, -0.15) is 0 Å². The second-order valence-electron chi connectivity index (χ2n) is 3.63. The Morgan fingerprint density at radius 3 is 2.38 bits per heavy atom. The molecular formula is C14H18OTi. The van der Waals surface area contributed by atoms with Crippen molar-refractivity contribution in [2.24, 2.45) is 0 Å². The Labute approximate surface area is 113 Å². The third-order valence-electron chi connectivity index (χ3n) is 2.14. The van der Waals surface area contributed by atoms with Gasteiger partial charge in [-0.05, 0) is 38.5 Å². The van der Waals surface area contributed by atoms with Crippen LogP contribution < -0.4 is 4.74 Å². The van der Waals surface area contributed by atoms with E-state index in [1.165, 1.54) is 11.1 Å². The number of hydrogen-bond acceptors (Lipinski definition) is 1. The van der Waals surface area contributed by atoms with E-state index in [0.717, 1.165) is 5.75 Å². The van der Waals surface area contributed by atoms with Crippen LogP contribution in [0.3, 0.4) is 0 Å². The number of para-hydroxylation sites is 1. The van der Waals surface area contributed by atoms with Gasteiger partial charge in [-0.25, -0.2) is 0 Å². The van der Waals surface area contributed by atoms with Gasteiger partial charge >= 0.3 is 0 Å². The molecule has 16 heavy (non-hydrogen) atoms. The molecule has 0 aliphatic carbocycles. The summed E-state index contributed by atoms with van der Waals surface area (Å²) in [6.07, 6.45) is 4.23. The molecule has 0 N–H and O–H groups in total. The molecule has 0 atom stereocenters. The van der Waals surface area contributed by atoms with Crippen LogP contribution in [0.4, 0.5) is 0 Å². The Bertz CT molecular complexity index is 352. The average Bonchev–Trinajstić information content (AvgIpc) is 2.27. The monoisotopic (exact) mass is 250 g/mol. The molecular weight excluding hydrogens is 232 g/mol. The molecule has 0 aromatic heterocycles. The van der Waals surface area contributed by atoms with Crippen molar-refractivity contribution in [3.63, 3.8) is 0 Å². The second-order valence-corrected chi connectivity index (χ2v) is 3.63. The fraction of sp³-hybridized carbons (Fsp3) is 0.286. The molecule has 1 rings (SSSR count). The third kappa shape index (κ3) is 5.94. The summed E-state index contributed by atoms with van der Waals surface area (Å²) in [6, 6.07) is 9.88. The quantitative estimate of drug-likeness (QED) is 0.580. The maximum Gasteiger partial charge on any atom is 0.119 e. The number of hydrogen-bond donors (Lipinski definition) is 0. The molecule has 0 fully saturated rings. The first-order valence-electron chi connectivity index (χ1n) is 5.20. The summed E-state index contributed by atoms with van der Waals surface area (Å²) < 4.78 is 5.62. The molecule has 0 saturated carbocycles. The predicted octanol–water partition coefficient (Wildman–Crippen LogP) is 3.98. The van der Waals surface area contributed by atoms with Crippen LogP contribution in [0.25, 0.3) is 0 Å². The predicted molar refractivity (Wildman–Crippen MR) is 65.1 cm³/mol. The Balaban J connectivity index is 0.00000225. The van der Waals surface area contributed by atoms with Gasteiger partial charge in [0.25, 0.3) is 0 Å². The Morgan fingerprint density at radius 1 is 1.19 bits per heavy atom. The van der Waals surface area contributed by atoms with Crippen molar-refractivity contribution in [1.29, 1.82) is 0 Å². The van der Waals surface area contributed by atoms with Crippen molar-refractivity contribution >= 4 is 0 Å². The Kier molecular flexibility index (Phi) is 7.96. The van der Waals surface area contributed by atoms with Crippen molar-refractivity contribution in [2.75, 3.05) is 6.61 Å². The van der Waals surface area contributed by atoms with Gasteiger partial charge in [0.05, 0.1) is 0 Å². The SMILES string of the molecule is CC=C(C)C=C(C)COc1ccccc1.[Ti]. The zero-order valence-electron chi connectivity index (χ0n) is 10.2. The summed E-state index contributed by atoms with van der Waals surface area (Å²) in [4.78, 5) is 0. The standard InChI is InChI=1S/C14H18O.Ti/c1-4-12(2)10-13(3)11-15-14-8-6-5-7-9-14;/h4-10H,11H2,1-3H3;. The van der Waals surface area contributed by atoms with Gasteiger partial charge in [0.1, 0.15) is 12.4 Å². The molecule has 0 heterocycles. The largest absolute Gasteiger partial charge is 0.489 e. The van der Waals surface area contributed by atoms with Crippen LogP contribution in [-0.2, 0) is 21.7 Å². The summed E-state index contributed by atoms with van der Waals surface area (Å²) in [5.41, 5.74) is 2.50. The summed E-state index contributed by atoms with van der Waals surface area (Å²) in [5, 5.41) is 0. The molecule has 0 bridgehead atoms. The summed E-state index contributed by atoms with van der Waals surface area (Å²) in [7, 11) is 0. The number of rotatable bonds is 4. The first kappa shape index (κ1) is 15.2. The second kappa shape index (κ2) is 8.38. The van der Waals surface area contributed by atoms with Gasteiger partial charge in [-0.15, -0.1) is 0 Å². The minimum atomic E-state index is 0. The van der Waals surface area contributed by atoms with E-state index >= 15 is 0 Å². The van der Waals surface area contributed by atoms with E-state index in [9.17, 15) is 0 Å². The van der Waals surface area contributed by atoms with Crippen molar-refractivity contribution in [3.05, 3.63) is 53.6 Å². The molecule has 0 aliphatic rings. The van der Waals surface area contributed by atoms with Crippen LogP contribution in [-0.4, -0.2) is 6.61 Å². The van der Waals surface area contributed by atoms with Crippen LogP contribution in [0.2, 0.25) is 0 Å². The van der Waals surface area contributed by atoms with E-state index in [-0.39, 0.29) is 21.7 Å². The van der Waals surface area contributed by atoms with Crippen molar-refractivity contribution < 1.29 is 26.5 Å². The molecule has 84 valence electrons. The van der Waals surface area contributed by atoms with E-state index in [1.54, 1.807) is 0 Å². The van der Waals surface area contributed by atoms with E-state index in [1.807, 2.05) is 37.3 Å². The average molecular weight is 250 g/mol. The smallest absolute Gasteiger partial charge is 0.119 e. The normalized spacial score (nSPS) is 11.9. The molecule has 2 heteroatoms. The third-order valence-corrected chi connectivity index (χ3v) is 2.14. The van der Waals surface area contributed by atoms with Gasteiger partial charge in [0, 0.05) is 21.7 Å². The summed E-state index contributed by atoms with van der Waals surface area (Å²) >= 11 is 0. The Hall–Kier alpha value is -0.786. The first-order valence-corrected chi connectivity index (χ1v) is 5.20. The van der Waals surface area contributed by atoms with Crippen molar-refractivity contribution in [3.8, 4) is 5.75 Å². The first-order chi connectivity index (χ1) is 7.22. The van der Waals surface area contributed by atoms with Crippen LogP contribution in [0, 0.1) is 0 Å². The number of allylic oxidation sites excluding steroid dienone is 3. The zero-order chi connectivity index (χ0) is 11.1. The maximum absolute atomic E-state index is 5.62. The van der Waals surface area contributed by atoms with Crippen LogP contribution in [0.1, 0.15) is 20.8 Å². The van der Waals surface area contributed by atoms with Gasteiger partial charge in [-0.3, -0.25) is 0 Å². The van der Waals surface area contributed by atoms with Crippen LogP contribution in [0.5, 0.6) is 5.75 Å². The van der Waals surface area contributed by atoms with Crippen LogP contribution >= 0.6 is 0 Å². The van der Waals surface area contributed by atoms with E-state index in [0.29, 0.717) is 6.61 Å². The molecule has 0 amide bonds. The Morgan fingerprint density at radius 2 is 1.81 bits per heavy atom. The summed E-state index contributed by atoms with van der Waals surface area (Å²) in [5.74, 6) is 0.920. The minimum absolute atomic E-state index is 0. The summed E-state index contributed by atoms with van der Waals surface area (Å²) in [6.45, 7) is 6.86. The topological polar surface area (TPSA) is 9.23 Å². The molecule has 0 aliphatic heterocycles. The molecule has 0 unspecified atom stereocenters. The fourth-order valence-electron chi connectivity index (χ4n) is 1.23. The van der Waals surface area contributed by atoms with E-state index < -0.39 is 0 Å². The molecule has 0 spiro atoms. The zero-order valence-corrected chi connectivity index (χ0v) is 11.7. The molecule has 0 radical (unpaired) electrons. The van der Waals surface area contributed by atoms with Crippen molar-refractivity contribution in [2.45, 2.75) is 20.8 Å². The maximum atomic E-state index is 5.62. The van der Waals surface area contributed by atoms with Gasteiger partial charge in [0.2, 0.25) is 0 Å². The van der Waals surface area contributed by atoms with E-state index in [4.69, 9.17) is 4.74 Å². The minimum Gasteiger partial charge on any atom is -0.489 e. The fourth-order valence-corrected chi connectivity index (χ4v) is 1.23.